The van der Waals surface area contributed by atoms with Gasteiger partial charge in [-0.1, -0.05) is 0 Å². The molecule has 1 aromatic heterocycles. The second-order valence-corrected chi connectivity index (χ2v) is 4.73. The highest BCUT2D eigenvalue weighted by Crippen LogP contribution is 2.27. The second kappa shape index (κ2) is 6.60. The van der Waals surface area contributed by atoms with Crippen molar-refractivity contribution in [2.45, 2.75) is 18.7 Å². The molecule has 0 fully saturated rings. The van der Waals surface area contributed by atoms with E-state index in [-0.39, 0.29) is 18.0 Å². The summed E-state index contributed by atoms with van der Waals surface area (Å²) in [7, 11) is 1.17. The zero-order chi connectivity index (χ0) is 14.6. The van der Waals surface area contributed by atoms with E-state index in [4.69, 9.17) is 11.6 Å². The minimum absolute atomic E-state index is 0.0178. The van der Waals surface area contributed by atoms with Gasteiger partial charge in [0.05, 0.1) is 25.1 Å². The van der Waals surface area contributed by atoms with Gasteiger partial charge in [-0.25, -0.2) is 4.98 Å². The molecule has 0 spiro atoms. The van der Waals surface area contributed by atoms with Crippen LogP contribution in [0.15, 0.2) is 6.07 Å². The molecule has 1 rings (SSSR count). The Kier molecular flexibility index (Phi) is 5.65. The average molecular weight is 410 g/mol. The smallest absolute Gasteiger partial charge is 0.469 e. The first-order chi connectivity index (χ1) is 8.76. The molecule has 0 aliphatic carbocycles. The van der Waals surface area contributed by atoms with Crippen molar-refractivity contribution in [2.75, 3.05) is 7.11 Å². The predicted octanol–water partition coefficient (Wildman–Crippen LogP) is 3.04. The Morgan fingerprint density at radius 3 is 2.63 bits per heavy atom. The summed E-state index contributed by atoms with van der Waals surface area (Å²) in [6, 6.07) is 1.10. The van der Waals surface area contributed by atoms with Crippen LogP contribution in [-0.2, 0) is 21.8 Å². The Hall–Kier alpha value is -0.770. The molecule has 0 unspecified atom stereocenters. The number of nitrogens with zero attached hydrogens (tertiary/aromatic N) is 1. The van der Waals surface area contributed by atoms with E-state index in [2.05, 4.69) is 14.5 Å². The first kappa shape index (κ1) is 16.3. The van der Waals surface area contributed by atoms with Crippen molar-refractivity contribution in [1.82, 2.24) is 4.98 Å². The lowest BCUT2D eigenvalue weighted by molar-refractivity contribution is -0.276. The number of alkyl halides is 4. The predicted molar refractivity (Wildman–Crippen MR) is 68.9 cm³/mol. The maximum atomic E-state index is 12.1. The summed E-state index contributed by atoms with van der Waals surface area (Å²) in [5.74, 6) is -1.24. The molecule has 0 aliphatic rings. The third kappa shape index (κ3) is 5.01. The number of halogens is 5. The van der Waals surface area contributed by atoms with Crippen LogP contribution in [-0.4, -0.2) is 24.4 Å². The number of methoxy groups -OCH3 is 1. The summed E-state index contributed by atoms with van der Waals surface area (Å²) < 4.78 is 45.0. The van der Waals surface area contributed by atoms with Gasteiger partial charge in [-0.05, 0) is 22.6 Å². The van der Waals surface area contributed by atoms with Crippen molar-refractivity contribution in [2.24, 2.45) is 0 Å². The molecule has 1 heterocycles. The quantitative estimate of drug-likeness (QED) is 0.436. The van der Waals surface area contributed by atoms with Gasteiger partial charge in [-0.2, -0.15) is 0 Å². The van der Waals surface area contributed by atoms with Crippen molar-refractivity contribution in [3.8, 4) is 5.88 Å². The zero-order valence-corrected chi connectivity index (χ0v) is 12.5. The van der Waals surface area contributed by atoms with Gasteiger partial charge in [-0.3, -0.25) is 4.79 Å². The maximum absolute atomic E-state index is 12.1. The molecule has 0 atom stereocenters. The van der Waals surface area contributed by atoms with Crippen LogP contribution in [0.2, 0.25) is 0 Å². The van der Waals surface area contributed by atoms with Crippen LogP contribution in [0.25, 0.3) is 0 Å². The number of ether oxygens (including phenoxy) is 2. The fourth-order valence-electron chi connectivity index (χ4n) is 1.23. The largest absolute Gasteiger partial charge is 0.574 e. The van der Waals surface area contributed by atoms with Crippen molar-refractivity contribution >= 4 is 40.2 Å². The summed E-state index contributed by atoms with van der Waals surface area (Å²) >= 11 is 7.49. The van der Waals surface area contributed by atoms with Gasteiger partial charge in [0, 0.05) is 15.2 Å². The Morgan fingerprint density at radius 2 is 2.16 bits per heavy atom. The molecule has 1 aromatic rings. The molecule has 106 valence electrons. The maximum Gasteiger partial charge on any atom is 0.574 e. The average Bonchev–Trinajstić information content (AvgIpc) is 2.26. The molecule has 0 radical (unpaired) electrons. The highest BCUT2D eigenvalue weighted by molar-refractivity contribution is 14.1. The van der Waals surface area contributed by atoms with Gasteiger partial charge < -0.3 is 9.47 Å². The van der Waals surface area contributed by atoms with E-state index >= 15 is 0 Å². The van der Waals surface area contributed by atoms with Crippen LogP contribution < -0.4 is 4.74 Å². The highest BCUT2D eigenvalue weighted by Gasteiger charge is 2.32. The van der Waals surface area contributed by atoms with Crippen LogP contribution >= 0.6 is 34.2 Å². The van der Waals surface area contributed by atoms with Crippen molar-refractivity contribution in [3.63, 3.8) is 0 Å². The van der Waals surface area contributed by atoms with Crippen LogP contribution in [0.5, 0.6) is 5.88 Å². The van der Waals surface area contributed by atoms with E-state index in [1.54, 1.807) is 22.6 Å². The number of carbonyl (C=O) groups is 1. The number of esters is 1. The molecule has 0 N–H and O–H groups in total. The van der Waals surface area contributed by atoms with E-state index < -0.39 is 18.2 Å². The number of hydrogen-bond acceptors (Lipinski definition) is 4. The first-order valence-electron chi connectivity index (χ1n) is 4.83. The van der Waals surface area contributed by atoms with Gasteiger partial charge in [-0.15, -0.1) is 24.8 Å². The Labute approximate surface area is 125 Å². The number of hydrogen-bond donors (Lipinski definition) is 0. The van der Waals surface area contributed by atoms with E-state index in [0.717, 1.165) is 6.07 Å². The lowest BCUT2D eigenvalue weighted by Gasteiger charge is -2.12. The van der Waals surface area contributed by atoms with Crippen molar-refractivity contribution in [1.29, 1.82) is 0 Å². The Bertz CT molecular complexity index is 482. The molecule has 0 aliphatic heterocycles. The molecule has 0 aromatic carbocycles. The molecule has 0 saturated carbocycles. The van der Waals surface area contributed by atoms with E-state index in [9.17, 15) is 18.0 Å². The molecule has 0 amide bonds. The minimum atomic E-state index is -4.85. The van der Waals surface area contributed by atoms with E-state index in [1.807, 2.05) is 0 Å². The Morgan fingerprint density at radius 1 is 1.53 bits per heavy atom. The third-order valence-corrected chi connectivity index (χ3v) is 3.26. The van der Waals surface area contributed by atoms with E-state index in [1.165, 1.54) is 7.11 Å². The molecular formula is C10H8ClF3INO3. The molecular weight excluding hydrogens is 401 g/mol. The molecule has 0 saturated heterocycles. The van der Waals surface area contributed by atoms with Gasteiger partial charge in [0.15, 0.2) is 0 Å². The van der Waals surface area contributed by atoms with Gasteiger partial charge >= 0.3 is 12.3 Å². The summed E-state index contributed by atoms with van der Waals surface area (Å²) in [5.41, 5.74) is 0.579. The highest BCUT2D eigenvalue weighted by atomic mass is 127. The topological polar surface area (TPSA) is 48.4 Å². The standard InChI is InChI=1S/C10H8ClF3INO3/c1-18-9(17)3-7-5(4-11)6(15)2-8(16-7)19-10(12,13)14/h2H,3-4H2,1H3. The fourth-order valence-corrected chi connectivity index (χ4v) is 2.53. The monoisotopic (exact) mass is 409 g/mol. The lowest BCUT2D eigenvalue weighted by atomic mass is 10.1. The molecule has 9 heteroatoms. The number of rotatable bonds is 4. The normalized spacial score (nSPS) is 11.3. The summed E-state index contributed by atoms with van der Waals surface area (Å²) in [5, 5.41) is 0. The fraction of sp³-hybridized carbons (Fsp3) is 0.400. The number of aromatic nitrogens is 1. The molecule has 0 bridgehead atoms. The van der Waals surface area contributed by atoms with Crippen molar-refractivity contribution < 1.29 is 27.4 Å². The Balaban J connectivity index is 3.14. The zero-order valence-electron chi connectivity index (χ0n) is 9.55. The third-order valence-electron chi connectivity index (χ3n) is 2.03. The lowest BCUT2D eigenvalue weighted by Crippen LogP contribution is -2.19. The number of pyridine rings is 1. The van der Waals surface area contributed by atoms with E-state index in [0.29, 0.717) is 9.13 Å². The molecule has 19 heavy (non-hydrogen) atoms. The summed E-state index contributed by atoms with van der Waals surface area (Å²) in [4.78, 5) is 14.8. The van der Waals surface area contributed by atoms with Gasteiger partial charge in [0.2, 0.25) is 5.88 Å². The van der Waals surface area contributed by atoms with Crippen LogP contribution in [0.4, 0.5) is 13.2 Å². The SMILES string of the molecule is COC(=O)Cc1nc(OC(F)(F)F)cc(I)c1CCl. The summed E-state index contributed by atoms with van der Waals surface area (Å²) in [6.45, 7) is 0. The van der Waals surface area contributed by atoms with Crippen molar-refractivity contribution in [3.05, 3.63) is 20.9 Å². The number of carbonyl (C=O) groups excluding carboxylic acids is 1. The van der Waals surface area contributed by atoms with Crippen LogP contribution in [0, 0.1) is 3.57 Å². The van der Waals surface area contributed by atoms with Crippen LogP contribution in [0.1, 0.15) is 11.3 Å². The van der Waals surface area contributed by atoms with Gasteiger partial charge in [0.25, 0.3) is 0 Å². The molecule has 4 nitrogen and oxygen atoms in total. The van der Waals surface area contributed by atoms with Gasteiger partial charge in [0.1, 0.15) is 0 Å². The summed E-state index contributed by atoms with van der Waals surface area (Å²) in [6.07, 6.45) is -5.12. The van der Waals surface area contributed by atoms with Crippen LogP contribution in [0.3, 0.4) is 0 Å². The first-order valence-corrected chi connectivity index (χ1v) is 6.45. The minimum Gasteiger partial charge on any atom is -0.469 e. The second-order valence-electron chi connectivity index (χ2n) is 3.30.